The summed E-state index contributed by atoms with van der Waals surface area (Å²) in [6, 6.07) is 0. The van der Waals surface area contributed by atoms with Crippen LogP contribution in [-0.2, 0) is 19.1 Å². The van der Waals surface area contributed by atoms with E-state index in [1.54, 1.807) is 13.8 Å². The van der Waals surface area contributed by atoms with Crippen LogP contribution in [-0.4, -0.2) is 25.2 Å². The van der Waals surface area contributed by atoms with Crippen LogP contribution in [0.15, 0.2) is 24.3 Å². The summed E-state index contributed by atoms with van der Waals surface area (Å²) >= 11 is 0. The molecule has 0 aliphatic carbocycles. The topological polar surface area (TPSA) is 52.6 Å². The third-order valence-corrected chi connectivity index (χ3v) is 2.07. The van der Waals surface area contributed by atoms with E-state index in [-0.39, 0.29) is 11.9 Å². The van der Waals surface area contributed by atoms with Crippen LogP contribution < -0.4 is 0 Å². The van der Waals surface area contributed by atoms with Crippen LogP contribution >= 0.6 is 0 Å². The van der Waals surface area contributed by atoms with Crippen molar-refractivity contribution >= 4 is 11.9 Å². The fourth-order valence-corrected chi connectivity index (χ4v) is 1.26. The summed E-state index contributed by atoms with van der Waals surface area (Å²) in [5.41, 5.74) is 0. The Morgan fingerprint density at radius 2 is 1.22 bits per heavy atom. The van der Waals surface area contributed by atoms with Crippen LogP contribution in [0.25, 0.3) is 0 Å². The van der Waals surface area contributed by atoms with Gasteiger partial charge in [0.2, 0.25) is 0 Å². The van der Waals surface area contributed by atoms with Crippen molar-refractivity contribution in [2.45, 2.75) is 39.5 Å². The van der Waals surface area contributed by atoms with Crippen molar-refractivity contribution in [1.82, 2.24) is 0 Å². The van der Waals surface area contributed by atoms with Gasteiger partial charge in [-0.15, -0.1) is 0 Å². The smallest absolute Gasteiger partial charge is 0.330 e. The van der Waals surface area contributed by atoms with Crippen LogP contribution in [0, 0.1) is 0 Å². The normalized spacial score (nSPS) is 11.0. The summed E-state index contributed by atoms with van der Waals surface area (Å²) in [5, 5.41) is 0. The van der Waals surface area contributed by atoms with Crippen molar-refractivity contribution in [3.63, 3.8) is 0 Å². The number of ether oxygens (including phenoxy) is 2. The second kappa shape index (κ2) is 11.9. The molecule has 4 nitrogen and oxygen atoms in total. The Bertz CT molecular complexity index is 262. The van der Waals surface area contributed by atoms with E-state index in [4.69, 9.17) is 9.47 Å². The molecular formula is C14H22O4. The number of carbonyl (C=O) groups is 2. The Morgan fingerprint density at radius 1 is 0.833 bits per heavy atom. The van der Waals surface area contributed by atoms with Gasteiger partial charge in [0.1, 0.15) is 0 Å². The molecule has 0 fully saturated rings. The van der Waals surface area contributed by atoms with E-state index >= 15 is 0 Å². The lowest BCUT2D eigenvalue weighted by Gasteiger charge is -1.96. The van der Waals surface area contributed by atoms with Gasteiger partial charge in [-0.05, 0) is 39.5 Å². The summed E-state index contributed by atoms with van der Waals surface area (Å²) in [7, 11) is 0. The molecule has 0 spiro atoms. The lowest BCUT2D eigenvalue weighted by Crippen LogP contribution is -1.98. The Labute approximate surface area is 109 Å². The molecule has 0 aliphatic heterocycles. The highest BCUT2D eigenvalue weighted by Gasteiger charge is 1.93. The van der Waals surface area contributed by atoms with Gasteiger partial charge in [0.15, 0.2) is 0 Å². The second-order valence-electron chi connectivity index (χ2n) is 3.59. The lowest BCUT2D eigenvalue weighted by atomic mass is 10.2. The number of rotatable bonds is 9. The molecule has 0 saturated carbocycles. The number of allylic oxidation sites excluding steroid dienone is 2. The minimum absolute atomic E-state index is 0.292. The zero-order valence-corrected chi connectivity index (χ0v) is 11.2. The van der Waals surface area contributed by atoms with Gasteiger partial charge in [0.25, 0.3) is 0 Å². The first-order valence-corrected chi connectivity index (χ1v) is 6.37. The predicted octanol–water partition coefficient (Wildman–Crippen LogP) is 2.79. The minimum atomic E-state index is -0.292. The molecule has 0 N–H and O–H groups in total. The first-order chi connectivity index (χ1) is 8.70. The van der Waals surface area contributed by atoms with E-state index in [0.29, 0.717) is 13.2 Å². The van der Waals surface area contributed by atoms with Crippen LogP contribution in [0.1, 0.15) is 39.5 Å². The maximum atomic E-state index is 10.9. The molecule has 0 radical (unpaired) electrons. The summed E-state index contributed by atoms with van der Waals surface area (Å²) in [5.74, 6) is -0.584. The summed E-state index contributed by atoms with van der Waals surface area (Å²) in [4.78, 5) is 21.9. The Balaban J connectivity index is 3.46. The fourth-order valence-electron chi connectivity index (χ4n) is 1.26. The van der Waals surface area contributed by atoms with Crippen LogP contribution in [0.4, 0.5) is 0 Å². The highest BCUT2D eigenvalue weighted by atomic mass is 16.5. The first-order valence-electron chi connectivity index (χ1n) is 6.37. The van der Waals surface area contributed by atoms with Crippen molar-refractivity contribution in [1.29, 1.82) is 0 Å². The van der Waals surface area contributed by atoms with Gasteiger partial charge in [0, 0.05) is 12.2 Å². The number of unbranched alkanes of at least 4 members (excludes halogenated alkanes) is 3. The second-order valence-corrected chi connectivity index (χ2v) is 3.59. The maximum Gasteiger partial charge on any atom is 0.330 e. The van der Waals surface area contributed by atoms with Gasteiger partial charge in [0.05, 0.1) is 13.2 Å². The number of esters is 2. The largest absolute Gasteiger partial charge is 0.463 e. The summed E-state index contributed by atoms with van der Waals surface area (Å²) in [6.07, 6.45) is 10.2. The van der Waals surface area contributed by atoms with Crippen molar-refractivity contribution in [3.8, 4) is 0 Å². The zero-order chi connectivity index (χ0) is 13.6. The molecule has 0 aromatic heterocycles. The Kier molecular flexibility index (Phi) is 10.8. The molecule has 0 atom stereocenters. The molecule has 0 aromatic carbocycles. The van der Waals surface area contributed by atoms with Crippen molar-refractivity contribution in [3.05, 3.63) is 24.3 Å². The fraction of sp³-hybridized carbons (Fsp3) is 0.571. The molecule has 0 amide bonds. The predicted molar refractivity (Wildman–Crippen MR) is 70.0 cm³/mol. The standard InChI is InChI=1S/C14H22O4/c1-3-17-13(15)11-9-7-5-6-8-10-12-14(16)18-4-2/h9-12H,3-8H2,1-2H3/b11-9+,12-10+. The van der Waals surface area contributed by atoms with Crippen LogP contribution in [0.3, 0.4) is 0 Å². The zero-order valence-electron chi connectivity index (χ0n) is 11.2. The molecule has 0 aliphatic rings. The molecule has 0 unspecified atom stereocenters. The van der Waals surface area contributed by atoms with Gasteiger partial charge in [-0.3, -0.25) is 0 Å². The van der Waals surface area contributed by atoms with Crippen molar-refractivity contribution in [2.24, 2.45) is 0 Å². The maximum absolute atomic E-state index is 10.9. The molecule has 0 rings (SSSR count). The number of carbonyl (C=O) groups excluding carboxylic acids is 2. The monoisotopic (exact) mass is 254 g/mol. The van der Waals surface area contributed by atoms with E-state index in [2.05, 4.69) is 0 Å². The van der Waals surface area contributed by atoms with Gasteiger partial charge < -0.3 is 9.47 Å². The molecule has 0 saturated heterocycles. The van der Waals surface area contributed by atoms with E-state index in [1.807, 2.05) is 12.2 Å². The highest BCUT2D eigenvalue weighted by Crippen LogP contribution is 2.02. The first kappa shape index (κ1) is 16.4. The van der Waals surface area contributed by atoms with E-state index in [9.17, 15) is 9.59 Å². The molecule has 4 heteroatoms. The Hall–Kier alpha value is -1.58. The van der Waals surface area contributed by atoms with E-state index in [0.717, 1.165) is 25.7 Å². The third kappa shape index (κ3) is 10.9. The number of hydrogen-bond donors (Lipinski definition) is 0. The molecular weight excluding hydrogens is 232 g/mol. The highest BCUT2D eigenvalue weighted by molar-refractivity contribution is 5.82. The molecule has 0 aromatic rings. The summed E-state index contributed by atoms with van der Waals surface area (Å²) < 4.78 is 9.50. The minimum Gasteiger partial charge on any atom is -0.463 e. The van der Waals surface area contributed by atoms with Crippen molar-refractivity contribution < 1.29 is 19.1 Å². The van der Waals surface area contributed by atoms with Gasteiger partial charge >= 0.3 is 11.9 Å². The third-order valence-electron chi connectivity index (χ3n) is 2.07. The van der Waals surface area contributed by atoms with Crippen LogP contribution in [0.2, 0.25) is 0 Å². The average Bonchev–Trinajstić information content (AvgIpc) is 2.33. The van der Waals surface area contributed by atoms with E-state index < -0.39 is 0 Å². The van der Waals surface area contributed by atoms with Crippen molar-refractivity contribution in [2.75, 3.05) is 13.2 Å². The average molecular weight is 254 g/mol. The van der Waals surface area contributed by atoms with Gasteiger partial charge in [-0.25, -0.2) is 9.59 Å². The van der Waals surface area contributed by atoms with Crippen LogP contribution in [0.5, 0.6) is 0 Å². The molecule has 102 valence electrons. The van der Waals surface area contributed by atoms with Gasteiger partial charge in [-0.2, -0.15) is 0 Å². The van der Waals surface area contributed by atoms with E-state index in [1.165, 1.54) is 12.2 Å². The summed E-state index contributed by atoms with van der Waals surface area (Å²) in [6.45, 7) is 4.37. The van der Waals surface area contributed by atoms with Gasteiger partial charge in [-0.1, -0.05) is 12.2 Å². The Morgan fingerprint density at radius 3 is 1.56 bits per heavy atom. The lowest BCUT2D eigenvalue weighted by molar-refractivity contribution is -0.138. The quantitative estimate of drug-likeness (QED) is 0.360. The molecule has 18 heavy (non-hydrogen) atoms. The number of hydrogen-bond acceptors (Lipinski definition) is 4. The molecule has 0 heterocycles. The SMILES string of the molecule is CCOC(=O)/C=C/CCCC/C=C/C(=O)OCC. The molecule has 0 bridgehead atoms.